The molecule has 0 amide bonds. The summed E-state index contributed by atoms with van der Waals surface area (Å²) in [7, 11) is 0. The lowest BCUT2D eigenvalue weighted by atomic mass is 10.0. The molecule has 0 bridgehead atoms. The van der Waals surface area contributed by atoms with Crippen LogP contribution in [-0.2, 0) is 6.54 Å². The van der Waals surface area contributed by atoms with Gasteiger partial charge in [0.25, 0.3) is 5.69 Å². The lowest BCUT2D eigenvalue weighted by Gasteiger charge is -2.05. The summed E-state index contributed by atoms with van der Waals surface area (Å²) in [5.41, 5.74) is 4.36. The molecule has 4 aromatic rings. The van der Waals surface area contributed by atoms with Gasteiger partial charge in [-0.15, -0.1) is 0 Å². The molecule has 0 unspecified atom stereocenters. The molecule has 1 heterocycles. The third-order valence-electron chi connectivity index (χ3n) is 4.36. The van der Waals surface area contributed by atoms with Gasteiger partial charge in [-0.25, -0.2) is 0 Å². The van der Waals surface area contributed by atoms with Gasteiger partial charge in [0.2, 0.25) is 0 Å². The maximum atomic E-state index is 11.2. The molecule has 0 fully saturated rings. The molecule has 4 rings (SSSR count). The van der Waals surface area contributed by atoms with Crippen molar-refractivity contribution in [3.63, 3.8) is 0 Å². The largest absolute Gasteiger partial charge is 0.342 e. The van der Waals surface area contributed by atoms with Gasteiger partial charge in [-0.1, -0.05) is 60.7 Å². The van der Waals surface area contributed by atoms with Crippen LogP contribution in [0.3, 0.4) is 0 Å². The van der Waals surface area contributed by atoms with Crippen LogP contribution < -0.4 is 0 Å². The number of aromatic nitrogens is 1. The minimum Gasteiger partial charge on any atom is -0.342 e. The first-order valence-electron chi connectivity index (χ1n) is 8.09. The van der Waals surface area contributed by atoms with E-state index in [1.165, 1.54) is 5.56 Å². The molecule has 0 aliphatic carbocycles. The summed E-state index contributed by atoms with van der Waals surface area (Å²) < 4.78 is 2.15. The molecule has 0 spiro atoms. The zero-order valence-electron chi connectivity index (χ0n) is 13.5. The highest BCUT2D eigenvalue weighted by Crippen LogP contribution is 2.33. The standard InChI is InChI=1S/C21H16N2O2/c24-23(25)18-11-12-21-19(13-18)20(17-9-5-2-6-10-17)15-22(21)14-16-7-3-1-4-8-16/h1-13,15H,14H2. The Morgan fingerprint density at radius 3 is 2.24 bits per heavy atom. The number of nitrogens with zero attached hydrogens (tertiary/aromatic N) is 2. The lowest BCUT2D eigenvalue weighted by molar-refractivity contribution is -0.384. The van der Waals surface area contributed by atoms with E-state index in [1.807, 2.05) is 54.6 Å². The predicted octanol–water partition coefficient (Wildman–Crippen LogP) is 5.26. The molecule has 0 aliphatic heterocycles. The van der Waals surface area contributed by atoms with E-state index in [1.54, 1.807) is 12.1 Å². The van der Waals surface area contributed by atoms with Gasteiger partial charge in [-0.3, -0.25) is 10.1 Å². The van der Waals surface area contributed by atoms with Gasteiger partial charge < -0.3 is 4.57 Å². The molecule has 3 aromatic carbocycles. The Bertz CT molecular complexity index is 1040. The summed E-state index contributed by atoms with van der Waals surface area (Å²) in [5, 5.41) is 12.1. The molecule has 25 heavy (non-hydrogen) atoms. The predicted molar refractivity (Wildman–Crippen MR) is 99.6 cm³/mol. The second-order valence-corrected chi connectivity index (χ2v) is 5.98. The number of nitro groups is 1. The van der Waals surface area contributed by atoms with Gasteiger partial charge in [-0.05, 0) is 17.2 Å². The normalized spacial score (nSPS) is 10.9. The van der Waals surface area contributed by atoms with E-state index in [0.29, 0.717) is 0 Å². The molecular weight excluding hydrogens is 312 g/mol. The first kappa shape index (κ1) is 15.1. The van der Waals surface area contributed by atoms with E-state index in [4.69, 9.17) is 0 Å². The molecule has 0 atom stereocenters. The van der Waals surface area contributed by atoms with Gasteiger partial charge in [0.15, 0.2) is 0 Å². The molecular formula is C21H16N2O2. The number of hydrogen-bond donors (Lipinski definition) is 0. The first-order valence-corrected chi connectivity index (χ1v) is 8.09. The van der Waals surface area contributed by atoms with Crippen LogP contribution in [0.4, 0.5) is 5.69 Å². The summed E-state index contributed by atoms with van der Waals surface area (Å²) in [6.07, 6.45) is 2.08. The minimum atomic E-state index is -0.344. The van der Waals surface area contributed by atoms with E-state index in [-0.39, 0.29) is 10.6 Å². The smallest absolute Gasteiger partial charge is 0.270 e. The average molecular weight is 328 g/mol. The maximum absolute atomic E-state index is 11.2. The summed E-state index contributed by atoms with van der Waals surface area (Å²) in [6.45, 7) is 0.724. The van der Waals surface area contributed by atoms with Crippen molar-refractivity contribution < 1.29 is 4.92 Å². The molecule has 1 aromatic heterocycles. The molecule has 0 aliphatic rings. The topological polar surface area (TPSA) is 48.1 Å². The summed E-state index contributed by atoms with van der Waals surface area (Å²) in [6, 6.07) is 25.2. The van der Waals surface area contributed by atoms with Crippen LogP contribution in [0.1, 0.15) is 5.56 Å². The highest BCUT2D eigenvalue weighted by Gasteiger charge is 2.14. The van der Waals surface area contributed by atoms with Crippen LogP contribution in [0.15, 0.2) is 85.1 Å². The second-order valence-electron chi connectivity index (χ2n) is 5.98. The fourth-order valence-electron chi connectivity index (χ4n) is 3.16. The van der Waals surface area contributed by atoms with E-state index in [2.05, 4.69) is 22.9 Å². The number of rotatable bonds is 4. The minimum absolute atomic E-state index is 0.113. The summed E-state index contributed by atoms with van der Waals surface area (Å²) in [4.78, 5) is 10.8. The number of hydrogen-bond acceptors (Lipinski definition) is 2. The van der Waals surface area contributed by atoms with Crippen molar-refractivity contribution >= 4 is 16.6 Å². The number of benzene rings is 3. The number of non-ortho nitro benzene ring substituents is 1. The Hall–Kier alpha value is -3.40. The van der Waals surface area contributed by atoms with Crippen molar-refractivity contribution in [1.29, 1.82) is 0 Å². The van der Waals surface area contributed by atoms with Crippen LogP contribution in [0, 0.1) is 10.1 Å². The quantitative estimate of drug-likeness (QED) is 0.379. The van der Waals surface area contributed by atoms with Crippen LogP contribution in [0.2, 0.25) is 0 Å². The third kappa shape index (κ3) is 2.90. The van der Waals surface area contributed by atoms with Crippen LogP contribution in [0.25, 0.3) is 22.0 Å². The van der Waals surface area contributed by atoms with Crippen LogP contribution in [-0.4, -0.2) is 9.49 Å². The van der Waals surface area contributed by atoms with Gasteiger partial charge in [0.1, 0.15) is 0 Å². The molecule has 0 N–H and O–H groups in total. The van der Waals surface area contributed by atoms with Gasteiger partial charge in [-0.2, -0.15) is 0 Å². The van der Waals surface area contributed by atoms with Gasteiger partial charge >= 0.3 is 0 Å². The number of nitro benzene ring substituents is 1. The van der Waals surface area contributed by atoms with Crippen molar-refractivity contribution in [3.8, 4) is 11.1 Å². The molecule has 0 radical (unpaired) electrons. The zero-order valence-corrected chi connectivity index (χ0v) is 13.5. The Morgan fingerprint density at radius 1 is 0.880 bits per heavy atom. The van der Waals surface area contributed by atoms with Gasteiger partial charge in [0, 0.05) is 41.3 Å². The lowest BCUT2D eigenvalue weighted by Crippen LogP contribution is -1.97. The monoisotopic (exact) mass is 328 g/mol. The van der Waals surface area contributed by atoms with Crippen molar-refractivity contribution in [1.82, 2.24) is 4.57 Å². The average Bonchev–Trinajstić information content (AvgIpc) is 3.01. The Labute approximate surface area is 145 Å². The van der Waals surface area contributed by atoms with E-state index >= 15 is 0 Å². The highest BCUT2D eigenvalue weighted by molar-refractivity contribution is 5.97. The summed E-state index contributed by atoms with van der Waals surface area (Å²) >= 11 is 0. The van der Waals surface area contributed by atoms with E-state index < -0.39 is 0 Å². The Morgan fingerprint density at radius 2 is 1.56 bits per heavy atom. The molecule has 0 saturated heterocycles. The van der Waals surface area contributed by atoms with Crippen molar-refractivity contribution in [2.45, 2.75) is 6.54 Å². The zero-order chi connectivity index (χ0) is 17.2. The van der Waals surface area contributed by atoms with Crippen molar-refractivity contribution in [2.24, 2.45) is 0 Å². The summed E-state index contributed by atoms with van der Waals surface area (Å²) in [5.74, 6) is 0. The van der Waals surface area contributed by atoms with Crippen molar-refractivity contribution in [3.05, 3.63) is 101 Å². The highest BCUT2D eigenvalue weighted by atomic mass is 16.6. The van der Waals surface area contributed by atoms with E-state index in [9.17, 15) is 10.1 Å². The van der Waals surface area contributed by atoms with Crippen LogP contribution >= 0.6 is 0 Å². The van der Waals surface area contributed by atoms with E-state index in [0.717, 1.165) is 28.6 Å². The fourth-order valence-corrected chi connectivity index (χ4v) is 3.16. The fraction of sp³-hybridized carbons (Fsp3) is 0.0476. The molecule has 122 valence electrons. The number of fused-ring (bicyclic) bond motifs is 1. The molecule has 4 heteroatoms. The Balaban J connectivity index is 1.90. The van der Waals surface area contributed by atoms with Crippen LogP contribution in [0.5, 0.6) is 0 Å². The first-order chi connectivity index (χ1) is 12.2. The maximum Gasteiger partial charge on any atom is 0.270 e. The second kappa shape index (κ2) is 6.24. The molecule has 0 saturated carbocycles. The molecule has 4 nitrogen and oxygen atoms in total. The SMILES string of the molecule is O=[N+]([O-])c1ccc2c(c1)c(-c1ccccc1)cn2Cc1ccccc1. The van der Waals surface area contributed by atoms with Crippen molar-refractivity contribution in [2.75, 3.05) is 0 Å². The Kier molecular flexibility index (Phi) is 3.78. The van der Waals surface area contributed by atoms with Gasteiger partial charge in [0.05, 0.1) is 4.92 Å². The third-order valence-corrected chi connectivity index (χ3v) is 4.36.